The summed E-state index contributed by atoms with van der Waals surface area (Å²) < 4.78 is 12.8. The highest BCUT2D eigenvalue weighted by Crippen LogP contribution is 2.18. The number of aromatic nitrogens is 1. The maximum absolute atomic E-state index is 12.8. The van der Waals surface area contributed by atoms with Crippen LogP contribution in [0.1, 0.15) is 10.4 Å². The molecule has 0 aliphatic heterocycles. The van der Waals surface area contributed by atoms with Crippen LogP contribution in [0.2, 0.25) is 0 Å². The lowest BCUT2D eigenvalue weighted by Gasteiger charge is -2.09. The molecule has 0 atom stereocenters. The van der Waals surface area contributed by atoms with Gasteiger partial charge in [0.05, 0.1) is 5.56 Å². The predicted molar refractivity (Wildman–Crippen MR) is 65.6 cm³/mol. The van der Waals surface area contributed by atoms with Gasteiger partial charge in [0.25, 0.3) is 5.91 Å². The van der Waals surface area contributed by atoms with Gasteiger partial charge in [0.2, 0.25) is 0 Å². The SMILES string of the molecule is NNC(=O)c1cccnc1Nc1ccc(F)cc1. The minimum absolute atomic E-state index is 0.310. The van der Waals surface area contributed by atoms with Crippen LogP contribution in [-0.2, 0) is 0 Å². The Kier molecular flexibility index (Phi) is 3.49. The first-order chi connectivity index (χ1) is 8.70. The van der Waals surface area contributed by atoms with Crippen LogP contribution in [-0.4, -0.2) is 10.9 Å². The molecule has 0 saturated carbocycles. The molecule has 0 spiro atoms. The molecule has 1 amide bonds. The largest absolute Gasteiger partial charge is 0.340 e. The Morgan fingerprint density at radius 1 is 1.22 bits per heavy atom. The number of anilines is 2. The zero-order valence-corrected chi connectivity index (χ0v) is 9.35. The molecular weight excluding hydrogens is 235 g/mol. The summed E-state index contributed by atoms with van der Waals surface area (Å²) in [5.41, 5.74) is 2.97. The summed E-state index contributed by atoms with van der Waals surface area (Å²) in [6.07, 6.45) is 1.54. The van der Waals surface area contributed by atoms with E-state index in [0.29, 0.717) is 17.1 Å². The molecule has 2 aromatic rings. The first-order valence-corrected chi connectivity index (χ1v) is 5.19. The lowest BCUT2D eigenvalue weighted by atomic mass is 10.2. The zero-order valence-electron chi connectivity index (χ0n) is 9.35. The molecule has 0 bridgehead atoms. The second-order valence-corrected chi connectivity index (χ2v) is 3.50. The lowest BCUT2D eigenvalue weighted by Crippen LogP contribution is -2.30. The van der Waals surface area contributed by atoms with E-state index < -0.39 is 5.91 Å². The number of nitrogen functional groups attached to an aromatic ring is 1. The smallest absolute Gasteiger partial charge is 0.268 e. The van der Waals surface area contributed by atoms with Gasteiger partial charge in [-0.15, -0.1) is 0 Å². The van der Waals surface area contributed by atoms with Crippen molar-refractivity contribution < 1.29 is 9.18 Å². The molecule has 6 heteroatoms. The maximum Gasteiger partial charge on any atom is 0.268 e. The average molecular weight is 246 g/mol. The number of amides is 1. The fourth-order valence-corrected chi connectivity index (χ4v) is 1.44. The van der Waals surface area contributed by atoms with Gasteiger partial charge in [-0.25, -0.2) is 15.2 Å². The van der Waals surface area contributed by atoms with Crippen LogP contribution in [0.25, 0.3) is 0 Å². The van der Waals surface area contributed by atoms with Gasteiger partial charge >= 0.3 is 0 Å². The molecule has 0 radical (unpaired) electrons. The van der Waals surface area contributed by atoms with Gasteiger partial charge < -0.3 is 5.32 Å². The number of nitrogens with one attached hydrogen (secondary N) is 2. The molecule has 0 unspecified atom stereocenters. The van der Waals surface area contributed by atoms with Crippen LogP contribution in [0.15, 0.2) is 42.6 Å². The second kappa shape index (κ2) is 5.24. The zero-order chi connectivity index (χ0) is 13.0. The van der Waals surface area contributed by atoms with Crippen molar-refractivity contribution in [1.82, 2.24) is 10.4 Å². The third-order valence-corrected chi connectivity index (χ3v) is 2.29. The highest BCUT2D eigenvalue weighted by Gasteiger charge is 2.10. The topological polar surface area (TPSA) is 80.0 Å². The number of carbonyl (C=O) groups excluding carboxylic acids is 1. The first kappa shape index (κ1) is 12.0. The van der Waals surface area contributed by atoms with Crippen LogP contribution in [0.3, 0.4) is 0 Å². The number of hydrazine groups is 1. The van der Waals surface area contributed by atoms with Crippen LogP contribution in [0.5, 0.6) is 0 Å². The summed E-state index contributed by atoms with van der Waals surface area (Å²) in [5, 5.41) is 2.92. The number of pyridine rings is 1. The Hall–Kier alpha value is -2.47. The van der Waals surface area contributed by atoms with Gasteiger partial charge in [-0.3, -0.25) is 10.2 Å². The fourth-order valence-electron chi connectivity index (χ4n) is 1.44. The molecule has 92 valence electrons. The highest BCUT2D eigenvalue weighted by molar-refractivity contribution is 5.98. The van der Waals surface area contributed by atoms with Crippen LogP contribution in [0.4, 0.5) is 15.9 Å². The van der Waals surface area contributed by atoms with Gasteiger partial charge in [0.1, 0.15) is 11.6 Å². The van der Waals surface area contributed by atoms with Crippen LogP contribution in [0, 0.1) is 5.82 Å². The minimum Gasteiger partial charge on any atom is -0.340 e. The molecule has 4 N–H and O–H groups in total. The van der Waals surface area contributed by atoms with Gasteiger partial charge in [-0.1, -0.05) is 0 Å². The number of carbonyl (C=O) groups is 1. The van der Waals surface area contributed by atoms with Crippen molar-refractivity contribution >= 4 is 17.4 Å². The summed E-state index contributed by atoms with van der Waals surface area (Å²) in [6.45, 7) is 0. The van der Waals surface area contributed by atoms with E-state index in [0.717, 1.165) is 0 Å². The number of halogens is 1. The summed E-state index contributed by atoms with van der Waals surface area (Å²) in [5.74, 6) is 4.65. The number of benzene rings is 1. The number of nitrogens with zero attached hydrogens (tertiary/aromatic N) is 1. The van der Waals surface area contributed by atoms with Gasteiger partial charge in [0.15, 0.2) is 0 Å². The van der Waals surface area contributed by atoms with Crippen LogP contribution < -0.4 is 16.6 Å². The third-order valence-electron chi connectivity index (χ3n) is 2.29. The van der Waals surface area contributed by atoms with E-state index in [1.165, 1.54) is 12.1 Å². The highest BCUT2D eigenvalue weighted by atomic mass is 19.1. The second-order valence-electron chi connectivity index (χ2n) is 3.50. The maximum atomic E-state index is 12.8. The van der Waals surface area contributed by atoms with Crippen LogP contribution >= 0.6 is 0 Å². The van der Waals surface area contributed by atoms with Gasteiger partial charge in [-0.05, 0) is 36.4 Å². The summed E-state index contributed by atoms with van der Waals surface area (Å²) in [4.78, 5) is 15.5. The number of hydrogen-bond acceptors (Lipinski definition) is 4. The van der Waals surface area contributed by atoms with Crippen molar-refractivity contribution in [2.45, 2.75) is 0 Å². The number of hydrogen-bond donors (Lipinski definition) is 3. The summed E-state index contributed by atoms with van der Waals surface area (Å²) >= 11 is 0. The molecule has 1 aromatic carbocycles. The molecule has 1 aromatic heterocycles. The molecule has 18 heavy (non-hydrogen) atoms. The Labute approximate surface area is 103 Å². The van der Waals surface area contributed by atoms with Gasteiger partial charge in [-0.2, -0.15) is 0 Å². The normalized spacial score (nSPS) is 9.89. The molecule has 0 aliphatic rings. The summed E-state index contributed by atoms with van der Waals surface area (Å²) in [7, 11) is 0. The molecule has 5 nitrogen and oxygen atoms in total. The predicted octanol–water partition coefficient (Wildman–Crippen LogP) is 1.57. The summed E-state index contributed by atoms with van der Waals surface area (Å²) in [6, 6.07) is 8.94. The van der Waals surface area contributed by atoms with E-state index in [4.69, 9.17) is 5.84 Å². The molecule has 0 fully saturated rings. The van der Waals surface area contributed by atoms with E-state index in [2.05, 4.69) is 10.3 Å². The Bertz CT molecular complexity index is 556. The van der Waals surface area contributed by atoms with E-state index >= 15 is 0 Å². The van der Waals surface area contributed by atoms with Crippen molar-refractivity contribution in [2.75, 3.05) is 5.32 Å². The molecule has 0 saturated heterocycles. The van der Waals surface area contributed by atoms with Crippen molar-refractivity contribution in [3.63, 3.8) is 0 Å². The van der Waals surface area contributed by atoms with Crippen molar-refractivity contribution in [3.8, 4) is 0 Å². The quantitative estimate of drug-likeness (QED) is 0.436. The van der Waals surface area contributed by atoms with E-state index in [9.17, 15) is 9.18 Å². The van der Waals surface area contributed by atoms with Crippen molar-refractivity contribution in [2.24, 2.45) is 5.84 Å². The Morgan fingerprint density at radius 2 is 1.94 bits per heavy atom. The lowest BCUT2D eigenvalue weighted by molar-refractivity contribution is 0.0954. The first-order valence-electron chi connectivity index (χ1n) is 5.19. The molecule has 0 aliphatic carbocycles. The third kappa shape index (κ3) is 2.61. The van der Waals surface area contributed by atoms with E-state index in [-0.39, 0.29) is 5.82 Å². The molecular formula is C12H11FN4O. The minimum atomic E-state index is -0.451. The van der Waals surface area contributed by atoms with Gasteiger partial charge in [0, 0.05) is 11.9 Å². The molecule has 1 heterocycles. The van der Waals surface area contributed by atoms with E-state index in [1.54, 1.807) is 30.5 Å². The number of nitrogens with two attached hydrogens (primary N) is 1. The Balaban J connectivity index is 2.28. The molecule has 2 rings (SSSR count). The Morgan fingerprint density at radius 3 is 2.61 bits per heavy atom. The van der Waals surface area contributed by atoms with Crippen molar-refractivity contribution in [1.29, 1.82) is 0 Å². The van der Waals surface area contributed by atoms with E-state index in [1.807, 2.05) is 5.43 Å². The monoisotopic (exact) mass is 246 g/mol. The fraction of sp³-hybridized carbons (Fsp3) is 0. The standard InChI is InChI=1S/C12H11FN4O/c13-8-3-5-9(6-4-8)16-11-10(12(18)17-14)2-1-7-15-11/h1-7H,14H2,(H,15,16)(H,17,18). The number of rotatable bonds is 3. The average Bonchev–Trinajstić information content (AvgIpc) is 2.41. The van der Waals surface area contributed by atoms with Crippen molar-refractivity contribution in [3.05, 3.63) is 54.0 Å².